The van der Waals surface area contributed by atoms with Gasteiger partial charge in [-0.05, 0) is 97.8 Å². The number of hydrogen-bond donors (Lipinski definition) is 1. The highest BCUT2D eigenvalue weighted by Crippen LogP contribution is 2.34. The number of piperidine rings is 1. The van der Waals surface area contributed by atoms with E-state index in [1.54, 1.807) is 0 Å². The van der Waals surface area contributed by atoms with Crippen molar-refractivity contribution >= 4 is 10.9 Å². The summed E-state index contributed by atoms with van der Waals surface area (Å²) in [4.78, 5) is 18.8. The van der Waals surface area contributed by atoms with Gasteiger partial charge in [-0.2, -0.15) is 0 Å². The molecule has 5 rings (SSSR count). The van der Waals surface area contributed by atoms with E-state index in [1.165, 1.54) is 30.4 Å². The van der Waals surface area contributed by atoms with E-state index in [0.717, 1.165) is 61.1 Å². The second kappa shape index (κ2) is 7.95. The van der Waals surface area contributed by atoms with Crippen molar-refractivity contribution in [3.05, 3.63) is 51.1 Å². The van der Waals surface area contributed by atoms with Crippen molar-refractivity contribution < 1.29 is 0 Å². The predicted octanol–water partition coefficient (Wildman–Crippen LogP) is 3.82. The number of aryl methyl sites for hydroxylation is 2. The average molecular weight is 407 g/mol. The molecule has 2 fully saturated rings. The smallest absolute Gasteiger partial charge is 0.253 e. The molecule has 0 spiro atoms. The molecule has 3 heterocycles. The van der Waals surface area contributed by atoms with Gasteiger partial charge in [-0.15, -0.1) is 5.10 Å². The number of H-pyrrole nitrogens is 1. The van der Waals surface area contributed by atoms with Crippen molar-refractivity contribution in [1.82, 2.24) is 30.1 Å². The van der Waals surface area contributed by atoms with Gasteiger partial charge in [0.15, 0.2) is 5.82 Å². The normalized spacial score (nSPS) is 19.5. The first-order valence-electron chi connectivity index (χ1n) is 11.3. The van der Waals surface area contributed by atoms with Crippen molar-refractivity contribution in [1.29, 1.82) is 0 Å². The molecule has 1 saturated heterocycles. The number of likely N-dealkylation sites (tertiary alicyclic amines) is 1. The molecule has 1 N–H and O–H groups in total. The number of aromatic nitrogens is 5. The summed E-state index contributed by atoms with van der Waals surface area (Å²) in [5.41, 5.74) is 4.01. The molecule has 1 aromatic carbocycles. The molecular formula is C23H30N6O. The second-order valence-electron chi connectivity index (χ2n) is 9.00. The maximum Gasteiger partial charge on any atom is 0.253 e. The van der Waals surface area contributed by atoms with Gasteiger partial charge in [0, 0.05) is 11.1 Å². The lowest BCUT2D eigenvalue weighted by atomic mass is 9.98. The van der Waals surface area contributed by atoms with Crippen LogP contribution in [-0.4, -0.2) is 43.2 Å². The fourth-order valence-corrected chi connectivity index (χ4v) is 5.16. The van der Waals surface area contributed by atoms with Crippen LogP contribution in [0.3, 0.4) is 0 Å². The van der Waals surface area contributed by atoms with Crippen LogP contribution in [0.1, 0.15) is 79.5 Å². The Bertz CT molecular complexity index is 1100. The fourth-order valence-electron chi connectivity index (χ4n) is 5.16. The molecule has 1 atom stereocenters. The molecule has 1 saturated carbocycles. The Hall–Kier alpha value is -2.54. The number of benzene rings is 1. The number of tetrazole rings is 1. The van der Waals surface area contributed by atoms with Gasteiger partial charge in [0.1, 0.15) is 6.04 Å². The summed E-state index contributed by atoms with van der Waals surface area (Å²) in [6, 6.07) is 6.42. The van der Waals surface area contributed by atoms with E-state index in [2.05, 4.69) is 57.5 Å². The SMILES string of the molecule is Cc1cc2cc([C@H](c3nnnn3C3CCCC3)N3CCCCC3)c(=O)[nH]c2cc1C. The van der Waals surface area contributed by atoms with Crippen LogP contribution in [0.4, 0.5) is 0 Å². The number of nitrogens with zero attached hydrogens (tertiary/aromatic N) is 5. The van der Waals surface area contributed by atoms with Crippen LogP contribution in [0.15, 0.2) is 23.0 Å². The van der Waals surface area contributed by atoms with Gasteiger partial charge in [0.05, 0.1) is 6.04 Å². The number of nitrogens with one attached hydrogen (secondary N) is 1. The first-order valence-corrected chi connectivity index (χ1v) is 11.3. The Balaban J connectivity index is 1.66. The van der Waals surface area contributed by atoms with E-state index in [4.69, 9.17) is 0 Å². The minimum Gasteiger partial charge on any atom is -0.322 e. The molecule has 0 amide bonds. The third-order valence-corrected chi connectivity index (χ3v) is 6.97. The molecule has 0 unspecified atom stereocenters. The summed E-state index contributed by atoms with van der Waals surface area (Å²) in [6.07, 6.45) is 8.18. The second-order valence-corrected chi connectivity index (χ2v) is 9.00. The van der Waals surface area contributed by atoms with Crippen LogP contribution in [0, 0.1) is 13.8 Å². The van der Waals surface area contributed by atoms with Gasteiger partial charge in [-0.3, -0.25) is 9.69 Å². The van der Waals surface area contributed by atoms with Crippen molar-refractivity contribution in [2.75, 3.05) is 13.1 Å². The molecule has 158 valence electrons. The summed E-state index contributed by atoms with van der Waals surface area (Å²) in [6.45, 7) is 6.12. The molecule has 0 bridgehead atoms. The van der Waals surface area contributed by atoms with Gasteiger partial charge >= 0.3 is 0 Å². The van der Waals surface area contributed by atoms with Crippen LogP contribution < -0.4 is 5.56 Å². The van der Waals surface area contributed by atoms with E-state index in [1.807, 2.05) is 4.68 Å². The number of pyridine rings is 1. The fraction of sp³-hybridized carbons (Fsp3) is 0.565. The zero-order valence-corrected chi connectivity index (χ0v) is 17.9. The van der Waals surface area contributed by atoms with Crippen molar-refractivity contribution in [3.8, 4) is 0 Å². The first-order chi connectivity index (χ1) is 14.6. The summed E-state index contributed by atoms with van der Waals surface area (Å²) in [5, 5.41) is 14.0. The van der Waals surface area contributed by atoms with Gasteiger partial charge in [-0.1, -0.05) is 19.3 Å². The maximum absolute atomic E-state index is 13.3. The highest BCUT2D eigenvalue weighted by atomic mass is 16.1. The number of aromatic amines is 1. The Morgan fingerprint density at radius 3 is 2.50 bits per heavy atom. The van der Waals surface area contributed by atoms with Crippen LogP contribution >= 0.6 is 0 Å². The minimum absolute atomic E-state index is 0.0395. The van der Waals surface area contributed by atoms with E-state index in [-0.39, 0.29) is 11.6 Å². The highest BCUT2D eigenvalue weighted by molar-refractivity contribution is 5.81. The molecular weight excluding hydrogens is 376 g/mol. The zero-order chi connectivity index (χ0) is 20.7. The standard InChI is InChI=1S/C23H30N6O/c1-15-12-17-14-19(23(30)24-20(17)13-16(15)2)21(28-10-6-3-7-11-28)22-25-26-27-29(22)18-8-4-5-9-18/h12-14,18,21H,3-11H2,1-2H3,(H,24,30)/t21-/m1/s1. The molecule has 7 heteroatoms. The van der Waals surface area contributed by atoms with Crippen LogP contribution in [0.2, 0.25) is 0 Å². The quantitative estimate of drug-likeness (QED) is 0.712. The number of rotatable bonds is 4. The molecule has 1 aliphatic carbocycles. The third-order valence-electron chi connectivity index (χ3n) is 6.97. The van der Waals surface area contributed by atoms with Gasteiger partial charge in [0.2, 0.25) is 0 Å². The maximum atomic E-state index is 13.3. The van der Waals surface area contributed by atoms with Crippen LogP contribution in [0.25, 0.3) is 10.9 Å². The lowest BCUT2D eigenvalue weighted by molar-refractivity contribution is 0.174. The number of hydrogen-bond acceptors (Lipinski definition) is 5. The molecule has 7 nitrogen and oxygen atoms in total. The summed E-state index contributed by atoms with van der Waals surface area (Å²) in [5.74, 6) is 0.817. The Morgan fingerprint density at radius 1 is 1.00 bits per heavy atom. The van der Waals surface area contributed by atoms with E-state index in [9.17, 15) is 4.79 Å². The minimum atomic E-state index is -0.212. The predicted molar refractivity (Wildman–Crippen MR) is 117 cm³/mol. The summed E-state index contributed by atoms with van der Waals surface area (Å²) in [7, 11) is 0. The lowest BCUT2D eigenvalue weighted by Crippen LogP contribution is -2.38. The zero-order valence-electron chi connectivity index (χ0n) is 17.9. The van der Waals surface area contributed by atoms with Gasteiger partial charge < -0.3 is 4.98 Å². The van der Waals surface area contributed by atoms with E-state index < -0.39 is 0 Å². The average Bonchev–Trinajstić information content (AvgIpc) is 3.43. The Kier molecular flexibility index (Phi) is 5.15. The van der Waals surface area contributed by atoms with Crippen molar-refractivity contribution in [3.63, 3.8) is 0 Å². The molecule has 30 heavy (non-hydrogen) atoms. The van der Waals surface area contributed by atoms with Crippen molar-refractivity contribution in [2.45, 2.75) is 70.9 Å². The first kappa shape index (κ1) is 19.4. The molecule has 1 aliphatic heterocycles. The van der Waals surface area contributed by atoms with Gasteiger partial charge in [-0.25, -0.2) is 4.68 Å². The monoisotopic (exact) mass is 406 g/mol. The Morgan fingerprint density at radius 2 is 1.73 bits per heavy atom. The van der Waals surface area contributed by atoms with Crippen LogP contribution in [-0.2, 0) is 0 Å². The molecule has 3 aromatic rings. The summed E-state index contributed by atoms with van der Waals surface area (Å²) >= 11 is 0. The van der Waals surface area contributed by atoms with Crippen LogP contribution in [0.5, 0.6) is 0 Å². The lowest BCUT2D eigenvalue weighted by Gasteiger charge is -2.34. The highest BCUT2D eigenvalue weighted by Gasteiger charge is 2.33. The van der Waals surface area contributed by atoms with Gasteiger partial charge in [0.25, 0.3) is 5.56 Å². The molecule has 0 radical (unpaired) electrons. The van der Waals surface area contributed by atoms with E-state index >= 15 is 0 Å². The third kappa shape index (κ3) is 3.45. The summed E-state index contributed by atoms with van der Waals surface area (Å²) < 4.78 is 2.01. The van der Waals surface area contributed by atoms with Crippen molar-refractivity contribution in [2.24, 2.45) is 0 Å². The largest absolute Gasteiger partial charge is 0.322 e. The number of fused-ring (bicyclic) bond motifs is 1. The topological polar surface area (TPSA) is 79.7 Å². The van der Waals surface area contributed by atoms with E-state index in [0.29, 0.717) is 6.04 Å². The molecule has 2 aliphatic rings. The Labute approximate surface area is 176 Å². The molecule has 2 aromatic heterocycles.